The molecule has 1 aromatic rings. The molecule has 12 heavy (non-hydrogen) atoms. The van der Waals surface area contributed by atoms with Crippen LogP contribution in [0.4, 0.5) is 14.5 Å². The summed E-state index contributed by atoms with van der Waals surface area (Å²) < 4.78 is 27.7. The van der Waals surface area contributed by atoms with Crippen molar-refractivity contribution >= 4 is 28.6 Å². The summed E-state index contributed by atoms with van der Waals surface area (Å²) in [5.74, 6) is -1.44. The Morgan fingerprint density at radius 3 is 2.83 bits per heavy atom. The van der Waals surface area contributed by atoms with Crippen LogP contribution in [0.25, 0.3) is 0 Å². The minimum absolute atomic E-state index is 0.504. The van der Waals surface area contributed by atoms with Gasteiger partial charge in [0.05, 0.1) is 28.6 Å². The lowest BCUT2D eigenvalue weighted by Crippen LogP contribution is -2.02. The van der Waals surface area contributed by atoms with E-state index in [1.807, 2.05) is 3.11 Å². The molecule has 0 amide bonds. The van der Waals surface area contributed by atoms with E-state index in [0.29, 0.717) is 12.0 Å². The molecule has 0 unspecified atom stereocenters. The lowest BCUT2D eigenvalue weighted by atomic mass is 10.1. The molecule has 0 atom stereocenters. The second kappa shape index (κ2) is 2.83. The monoisotopic (exact) mass is 281 g/mol. The number of fused-ring (bicyclic) bond motifs is 1. The van der Waals surface area contributed by atoms with Gasteiger partial charge in [-0.2, -0.15) is 0 Å². The predicted molar refractivity (Wildman–Crippen MR) is 51.4 cm³/mol. The van der Waals surface area contributed by atoms with Crippen LogP contribution < -0.4 is 3.11 Å². The van der Waals surface area contributed by atoms with Crippen LogP contribution in [-0.4, -0.2) is 6.54 Å². The number of benzene rings is 1. The maximum atomic E-state index is 13.1. The molecule has 1 heterocycles. The molecule has 1 aliphatic rings. The molecular weight excluding hydrogens is 275 g/mol. The Balaban J connectivity index is 2.60. The molecule has 0 saturated heterocycles. The van der Waals surface area contributed by atoms with Gasteiger partial charge in [-0.25, -0.2) is 8.78 Å². The molecule has 0 saturated carbocycles. The first-order chi connectivity index (χ1) is 5.70. The second-order valence-electron chi connectivity index (χ2n) is 2.69. The molecule has 0 aliphatic carbocycles. The van der Waals surface area contributed by atoms with E-state index in [9.17, 15) is 8.78 Å². The third kappa shape index (κ3) is 1.09. The fourth-order valence-electron chi connectivity index (χ4n) is 1.38. The standard InChI is InChI=1S/C8H6F2IN/c9-6-1-2-7-5(8(6)10)3-4-12(7)11/h1-2H,3-4H2. The molecular formula is C8H6F2IN. The van der Waals surface area contributed by atoms with Crippen LogP contribution in [0.2, 0.25) is 0 Å². The van der Waals surface area contributed by atoms with Crippen molar-refractivity contribution < 1.29 is 8.78 Å². The highest BCUT2D eigenvalue weighted by Gasteiger charge is 2.22. The van der Waals surface area contributed by atoms with Gasteiger partial charge in [0.15, 0.2) is 11.6 Å². The van der Waals surface area contributed by atoms with Gasteiger partial charge in [-0.1, -0.05) is 0 Å². The largest absolute Gasteiger partial charge is 0.314 e. The third-order valence-corrected chi connectivity index (χ3v) is 2.99. The van der Waals surface area contributed by atoms with Crippen LogP contribution in [0, 0.1) is 11.6 Å². The second-order valence-corrected chi connectivity index (χ2v) is 3.86. The van der Waals surface area contributed by atoms with Crippen molar-refractivity contribution in [2.45, 2.75) is 6.42 Å². The van der Waals surface area contributed by atoms with Crippen LogP contribution in [0.3, 0.4) is 0 Å². The van der Waals surface area contributed by atoms with E-state index in [-0.39, 0.29) is 0 Å². The maximum Gasteiger partial charge on any atom is 0.164 e. The van der Waals surface area contributed by atoms with E-state index < -0.39 is 11.6 Å². The van der Waals surface area contributed by atoms with E-state index in [4.69, 9.17) is 0 Å². The zero-order chi connectivity index (χ0) is 8.72. The number of hydrogen-bond donors (Lipinski definition) is 0. The van der Waals surface area contributed by atoms with Crippen LogP contribution in [-0.2, 0) is 6.42 Å². The molecule has 0 aromatic heterocycles. The van der Waals surface area contributed by atoms with Crippen LogP contribution in [0.15, 0.2) is 12.1 Å². The highest BCUT2D eigenvalue weighted by Crippen LogP contribution is 2.33. The third-order valence-electron chi connectivity index (χ3n) is 1.99. The van der Waals surface area contributed by atoms with Crippen molar-refractivity contribution in [3.63, 3.8) is 0 Å². The Morgan fingerprint density at radius 2 is 2.08 bits per heavy atom. The smallest absolute Gasteiger partial charge is 0.164 e. The predicted octanol–water partition coefficient (Wildman–Crippen LogP) is 2.68. The molecule has 4 heteroatoms. The van der Waals surface area contributed by atoms with Crippen molar-refractivity contribution in [1.82, 2.24) is 0 Å². The number of anilines is 1. The van der Waals surface area contributed by atoms with E-state index in [1.165, 1.54) is 6.07 Å². The van der Waals surface area contributed by atoms with Crippen molar-refractivity contribution in [3.8, 4) is 0 Å². The molecule has 0 spiro atoms. The fraction of sp³-hybridized carbons (Fsp3) is 0.250. The number of nitrogens with zero attached hydrogens (tertiary/aromatic N) is 1. The van der Waals surface area contributed by atoms with Gasteiger partial charge in [0.1, 0.15) is 0 Å². The molecule has 0 radical (unpaired) electrons. The van der Waals surface area contributed by atoms with Crippen molar-refractivity contribution in [1.29, 1.82) is 0 Å². The number of hydrogen-bond acceptors (Lipinski definition) is 1. The first-order valence-corrected chi connectivity index (χ1v) is 4.57. The Bertz CT molecular complexity index is 327. The SMILES string of the molecule is Fc1ccc2c(c1F)CCN2I. The average molecular weight is 281 g/mol. The highest BCUT2D eigenvalue weighted by atomic mass is 127. The Morgan fingerprint density at radius 1 is 1.33 bits per heavy atom. The quantitative estimate of drug-likeness (QED) is 0.522. The van der Waals surface area contributed by atoms with Gasteiger partial charge in [-0.05, 0) is 18.6 Å². The normalized spacial score (nSPS) is 15.1. The first kappa shape index (κ1) is 8.22. The van der Waals surface area contributed by atoms with Gasteiger partial charge >= 0.3 is 0 Å². The van der Waals surface area contributed by atoms with Crippen LogP contribution in [0.5, 0.6) is 0 Å². The lowest BCUT2D eigenvalue weighted by Gasteiger charge is -2.08. The Hall–Kier alpha value is -0.390. The molecule has 64 valence electrons. The van der Waals surface area contributed by atoms with E-state index in [1.54, 1.807) is 6.07 Å². The summed E-state index contributed by atoms with van der Waals surface area (Å²) in [4.78, 5) is 0. The summed E-state index contributed by atoms with van der Waals surface area (Å²) in [6.45, 7) is 0.760. The summed E-state index contributed by atoms with van der Waals surface area (Å²) in [5, 5.41) is 0. The van der Waals surface area contributed by atoms with Gasteiger partial charge < -0.3 is 3.11 Å². The van der Waals surface area contributed by atoms with Crippen LogP contribution in [0.1, 0.15) is 5.56 Å². The Labute approximate surface area is 82.9 Å². The molecule has 0 bridgehead atoms. The topological polar surface area (TPSA) is 3.24 Å². The van der Waals surface area contributed by atoms with E-state index in [0.717, 1.165) is 12.2 Å². The molecule has 1 aromatic carbocycles. The van der Waals surface area contributed by atoms with Crippen molar-refractivity contribution in [2.24, 2.45) is 0 Å². The maximum absolute atomic E-state index is 13.1. The van der Waals surface area contributed by atoms with E-state index >= 15 is 0 Å². The molecule has 0 N–H and O–H groups in total. The van der Waals surface area contributed by atoms with Gasteiger partial charge in [-0.15, -0.1) is 0 Å². The van der Waals surface area contributed by atoms with Gasteiger partial charge in [-0.3, -0.25) is 0 Å². The molecule has 2 rings (SSSR count). The van der Waals surface area contributed by atoms with Gasteiger partial charge in [0.25, 0.3) is 0 Å². The lowest BCUT2D eigenvalue weighted by molar-refractivity contribution is 0.502. The highest BCUT2D eigenvalue weighted by molar-refractivity contribution is 14.1. The molecule has 0 fully saturated rings. The van der Waals surface area contributed by atoms with Crippen molar-refractivity contribution in [2.75, 3.05) is 9.66 Å². The van der Waals surface area contributed by atoms with Crippen molar-refractivity contribution in [3.05, 3.63) is 29.3 Å². The molecule has 1 aliphatic heterocycles. The number of rotatable bonds is 0. The molecule has 1 nitrogen and oxygen atoms in total. The van der Waals surface area contributed by atoms with Crippen LogP contribution >= 0.6 is 22.9 Å². The average Bonchev–Trinajstić information content (AvgIpc) is 2.41. The summed E-state index contributed by atoms with van der Waals surface area (Å²) >= 11 is 2.10. The van der Waals surface area contributed by atoms with E-state index in [2.05, 4.69) is 22.9 Å². The zero-order valence-electron chi connectivity index (χ0n) is 6.15. The summed E-state index contributed by atoms with van der Waals surface area (Å²) in [6.07, 6.45) is 0.599. The fourth-order valence-corrected chi connectivity index (χ4v) is 2.07. The zero-order valence-corrected chi connectivity index (χ0v) is 8.31. The minimum Gasteiger partial charge on any atom is -0.314 e. The summed E-state index contributed by atoms with van der Waals surface area (Å²) in [6, 6.07) is 2.79. The minimum atomic E-state index is -0.750. The summed E-state index contributed by atoms with van der Waals surface area (Å²) in [7, 11) is 0. The van der Waals surface area contributed by atoms with Gasteiger partial charge in [0, 0.05) is 12.1 Å². The Kier molecular flexibility index (Phi) is 1.94. The first-order valence-electron chi connectivity index (χ1n) is 3.60. The number of halogens is 3. The van der Waals surface area contributed by atoms with Gasteiger partial charge in [0.2, 0.25) is 0 Å². The summed E-state index contributed by atoms with van der Waals surface area (Å²) in [5.41, 5.74) is 1.30.